The second-order valence-corrected chi connectivity index (χ2v) is 11.1. The van der Waals surface area contributed by atoms with Gasteiger partial charge in [0.2, 0.25) is 5.69 Å². The van der Waals surface area contributed by atoms with Crippen LogP contribution in [-0.2, 0) is 4.79 Å². The minimum atomic E-state index is -0.488. The molecule has 8 heteroatoms. The molecular formula is C38H26Br2FNO4. The van der Waals surface area contributed by atoms with Crippen LogP contribution in [0.15, 0.2) is 155 Å². The molecule has 0 fully saturated rings. The maximum Gasteiger partial charge on any atom is 0.298 e. The highest BCUT2D eigenvalue weighted by atomic mass is 79.9. The van der Waals surface area contributed by atoms with Crippen LogP contribution in [0.5, 0.6) is 23.0 Å². The van der Waals surface area contributed by atoms with Gasteiger partial charge >= 0.3 is 0 Å². The van der Waals surface area contributed by atoms with E-state index in [0.717, 1.165) is 16.7 Å². The predicted molar refractivity (Wildman–Crippen MR) is 187 cm³/mol. The van der Waals surface area contributed by atoms with Crippen LogP contribution in [0.3, 0.4) is 0 Å². The summed E-state index contributed by atoms with van der Waals surface area (Å²) in [4.78, 5) is 13.6. The number of carbonyl (C=O) groups excluding carboxylic acids is 1. The number of hydrogen-bond acceptors (Lipinski definition) is 4. The number of phenolic OH excluding ortho intramolecular Hbond substituents is 1. The Morgan fingerprint density at radius 3 is 1.65 bits per heavy atom. The molecule has 6 aromatic carbocycles. The molecule has 0 saturated carbocycles. The average Bonchev–Trinajstić information content (AvgIpc) is 3.10. The summed E-state index contributed by atoms with van der Waals surface area (Å²) in [6.07, 6.45) is 0. The molecule has 0 radical (unpaired) electrons. The Morgan fingerprint density at radius 2 is 1.13 bits per heavy atom. The van der Waals surface area contributed by atoms with Crippen LogP contribution < -0.4 is 9.47 Å². The van der Waals surface area contributed by atoms with E-state index in [4.69, 9.17) is 21.2 Å². The molecule has 46 heavy (non-hydrogen) atoms. The lowest BCUT2D eigenvalue weighted by Gasteiger charge is -2.11. The fourth-order valence-electron chi connectivity index (χ4n) is 4.06. The van der Waals surface area contributed by atoms with Crippen LogP contribution >= 0.6 is 31.9 Å². The highest BCUT2D eigenvalue weighted by molar-refractivity contribution is 9.10. The lowest BCUT2D eigenvalue weighted by Crippen LogP contribution is -1.94. The summed E-state index contributed by atoms with van der Waals surface area (Å²) in [6.45, 7) is 6.93. The normalized spacial score (nSPS) is 9.78. The first-order chi connectivity index (χ1) is 22.4. The molecule has 0 unspecified atom stereocenters. The highest BCUT2D eigenvalue weighted by Crippen LogP contribution is 2.38. The van der Waals surface area contributed by atoms with E-state index >= 15 is 0 Å². The third-order valence-corrected chi connectivity index (χ3v) is 7.55. The molecule has 0 amide bonds. The van der Waals surface area contributed by atoms with Crippen molar-refractivity contribution in [2.75, 3.05) is 0 Å². The number of aromatic hydroxyl groups is 1. The monoisotopic (exact) mass is 737 g/mol. The summed E-state index contributed by atoms with van der Waals surface area (Å²) in [5.74, 6) is 1.30. The summed E-state index contributed by atoms with van der Waals surface area (Å²) in [7, 11) is 0. The molecule has 0 saturated heterocycles. The van der Waals surface area contributed by atoms with E-state index in [0.29, 0.717) is 38.4 Å². The third-order valence-electron chi connectivity index (χ3n) is 6.31. The SMILES string of the molecule is O=COc1cccc(Br)c1Oc1ccc(-c2ccccc2)cc1.Oc1ccc(-c2ccccc2)cc1.[C-]#[N+]c1cccc(Br)c1F. The Hall–Kier alpha value is -5.23. The number of hydrogen-bond donors (Lipinski definition) is 1. The topological polar surface area (TPSA) is 60.1 Å². The maximum absolute atomic E-state index is 12.7. The van der Waals surface area contributed by atoms with Gasteiger partial charge in [0.1, 0.15) is 17.3 Å². The molecule has 0 spiro atoms. The molecule has 0 aliphatic carbocycles. The molecule has 0 aromatic heterocycles. The number of halogens is 3. The van der Waals surface area contributed by atoms with E-state index < -0.39 is 5.82 Å². The zero-order valence-corrected chi connectivity index (χ0v) is 27.4. The van der Waals surface area contributed by atoms with Crippen molar-refractivity contribution in [2.45, 2.75) is 0 Å². The molecule has 0 bridgehead atoms. The Balaban J connectivity index is 0.000000175. The van der Waals surface area contributed by atoms with Gasteiger partial charge < -0.3 is 14.6 Å². The molecular weight excluding hydrogens is 713 g/mol. The number of phenols is 1. The van der Waals surface area contributed by atoms with Crippen molar-refractivity contribution in [1.29, 1.82) is 0 Å². The van der Waals surface area contributed by atoms with E-state index in [2.05, 4.69) is 48.8 Å². The summed E-state index contributed by atoms with van der Waals surface area (Å²) in [5.41, 5.74) is 4.59. The molecule has 0 heterocycles. The fraction of sp³-hybridized carbons (Fsp3) is 0. The molecule has 0 aliphatic heterocycles. The number of benzene rings is 6. The number of ether oxygens (including phenoxy) is 2. The first kappa shape index (κ1) is 33.7. The summed E-state index contributed by atoms with van der Waals surface area (Å²) in [6, 6.07) is 45.0. The van der Waals surface area contributed by atoms with Crippen LogP contribution in [-0.4, -0.2) is 11.6 Å². The van der Waals surface area contributed by atoms with Crippen molar-refractivity contribution in [3.05, 3.63) is 172 Å². The van der Waals surface area contributed by atoms with Gasteiger partial charge in [-0.1, -0.05) is 103 Å². The van der Waals surface area contributed by atoms with Crippen molar-refractivity contribution >= 4 is 44.0 Å². The minimum Gasteiger partial charge on any atom is -0.508 e. The van der Waals surface area contributed by atoms with Gasteiger partial charge in [-0.2, -0.15) is 0 Å². The largest absolute Gasteiger partial charge is 0.508 e. The van der Waals surface area contributed by atoms with Gasteiger partial charge in [0.25, 0.3) is 6.47 Å². The predicted octanol–water partition coefficient (Wildman–Crippen LogP) is 11.6. The molecule has 5 nitrogen and oxygen atoms in total. The van der Waals surface area contributed by atoms with Gasteiger partial charge in [0.15, 0.2) is 11.5 Å². The van der Waals surface area contributed by atoms with Crippen LogP contribution in [0.25, 0.3) is 27.1 Å². The smallest absolute Gasteiger partial charge is 0.298 e. The van der Waals surface area contributed by atoms with Gasteiger partial charge in [-0.15, -0.1) is 0 Å². The number of rotatable bonds is 6. The third kappa shape index (κ3) is 9.63. The number of para-hydroxylation sites is 1. The second kappa shape index (κ2) is 17.3. The highest BCUT2D eigenvalue weighted by Gasteiger charge is 2.11. The zero-order valence-electron chi connectivity index (χ0n) is 24.2. The van der Waals surface area contributed by atoms with Crippen LogP contribution in [0.1, 0.15) is 0 Å². The first-order valence-electron chi connectivity index (χ1n) is 13.8. The molecule has 0 atom stereocenters. The van der Waals surface area contributed by atoms with Crippen molar-refractivity contribution in [3.63, 3.8) is 0 Å². The van der Waals surface area contributed by atoms with Crippen molar-refractivity contribution < 1.29 is 23.8 Å². The van der Waals surface area contributed by atoms with Crippen molar-refractivity contribution in [1.82, 2.24) is 0 Å². The van der Waals surface area contributed by atoms with E-state index in [1.165, 1.54) is 11.6 Å². The number of carbonyl (C=O) groups is 1. The molecule has 1 N–H and O–H groups in total. The second-order valence-electron chi connectivity index (χ2n) is 9.37. The first-order valence-corrected chi connectivity index (χ1v) is 15.4. The van der Waals surface area contributed by atoms with Gasteiger partial charge in [-0.05, 0) is 96.6 Å². The van der Waals surface area contributed by atoms with Crippen LogP contribution in [0.4, 0.5) is 10.1 Å². The van der Waals surface area contributed by atoms with Crippen molar-refractivity contribution in [2.24, 2.45) is 0 Å². The molecule has 228 valence electrons. The Labute approximate surface area is 283 Å². The lowest BCUT2D eigenvalue weighted by molar-refractivity contribution is -0.120. The van der Waals surface area contributed by atoms with Gasteiger partial charge in [-0.25, -0.2) is 9.24 Å². The standard InChI is InChI=1S/C19H13BrO3.C12H10O.C7H3BrFN/c20-17-7-4-8-18(22-13-21)19(17)23-16-11-9-15(10-12-16)14-5-2-1-3-6-14;13-12-8-6-11(7-9-12)10-4-2-1-3-5-10;1-10-6-4-2-3-5(8)7(6)9/h1-13H;1-9,13H;2-4H. The summed E-state index contributed by atoms with van der Waals surface area (Å²) in [5, 5.41) is 9.10. The van der Waals surface area contributed by atoms with Gasteiger partial charge in [-0.3, -0.25) is 4.79 Å². The van der Waals surface area contributed by atoms with E-state index in [9.17, 15) is 9.18 Å². The van der Waals surface area contributed by atoms with Crippen molar-refractivity contribution in [3.8, 4) is 45.3 Å². The average molecular weight is 739 g/mol. The zero-order chi connectivity index (χ0) is 32.7. The van der Waals surface area contributed by atoms with Gasteiger partial charge in [0, 0.05) is 4.47 Å². The Morgan fingerprint density at radius 1 is 0.630 bits per heavy atom. The molecule has 6 rings (SSSR count). The minimum absolute atomic E-state index is 0.0503. The Kier molecular flexibility index (Phi) is 12.7. The molecule has 0 aliphatic rings. The maximum atomic E-state index is 12.7. The Bertz CT molecular complexity index is 1900. The lowest BCUT2D eigenvalue weighted by atomic mass is 10.1. The van der Waals surface area contributed by atoms with E-state index in [-0.39, 0.29) is 5.69 Å². The van der Waals surface area contributed by atoms with E-state index in [1.54, 1.807) is 36.4 Å². The molecule has 6 aromatic rings. The fourth-order valence-corrected chi connectivity index (χ4v) is 4.84. The summed E-state index contributed by atoms with van der Waals surface area (Å²) >= 11 is 6.37. The van der Waals surface area contributed by atoms with Crippen LogP contribution in [0, 0.1) is 12.4 Å². The summed E-state index contributed by atoms with van der Waals surface area (Å²) < 4.78 is 24.6. The van der Waals surface area contributed by atoms with Crippen LogP contribution in [0.2, 0.25) is 0 Å². The van der Waals surface area contributed by atoms with E-state index in [1.807, 2.05) is 91.0 Å². The van der Waals surface area contributed by atoms with Gasteiger partial charge in [0.05, 0.1) is 11.0 Å². The quantitative estimate of drug-likeness (QED) is 0.136. The number of nitrogens with zero attached hydrogens (tertiary/aromatic N) is 1.